The van der Waals surface area contributed by atoms with Crippen molar-refractivity contribution in [1.82, 2.24) is 14.3 Å². The van der Waals surface area contributed by atoms with Crippen LogP contribution in [0.5, 0.6) is 0 Å². The fraction of sp³-hybridized carbons (Fsp3) is 0.348. The summed E-state index contributed by atoms with van der Waals surface area (Å²) in [4.78, 5) is 21.8. The number of rotatable bonds is 4. The maximum absolute atomic E-state index is 12.9. The summed E-state index contributed by atoms with van der Waals surface area (Å²) in [5.41, 5.74) is 4.28. The smallest absolute Gasteiger partial charge is 0.322 e. The van der Waals surface area contributed by atoms with Crippen molar-refractivity contribution in [2.45, 2.75) is 33.2 Å². The summed E-state index contributed by atoms with van der Waals surface area (Å²) < 4.78 is 4.54. The van der Waals surface area contributed by atoms with E-state index in [-0.39, 0.29) is 12.1 Å². The van der Waals surface area contributed by atoms with Crippen LogP contribution in [0, 0.1) is 13.8 Å². The molecule has 1 N–H and O–H groups in total. The molecule has 0 spiro atoms. The molecule has 1 unspecified atom stereocenters. The Hall–Kier alpha value is -2.93. The normalized spacial score (nSPS) is 16.6. The van der Waals surface area contributed by atoms with Crippen molar-refractivity contribution in [1.29, 1.82) is 0 Å². The predicted octanol–water partition coefficient (Wildman–Crippen LogP) is 4.49. The Morgan fingerprint density at radius 1 is 1.10 bits per heavy atom. The summed E-state index contributed by atoms with van der Waals surface area (Å²) in [6.07, 6.45) is 0.741. The Labute approximate surface area is 181 Å². The van der Waals surface area contributed by atoms with Gasteiger partial charge in [-0.05, 0) is 37.5 Å². The average Bonchev–Trinajstić information content (AvgIpc) is 3.20. The van der Waals surface area contributed by atoms with E-state index in [9.17, 15) is 4.79 Å². The van der Waals surface area contributed by atoms with Crippen LogP contribution in [0.25, 0.3) is 0 Å². The highest BCUT2D eigenvalue weighted by molar-refractivity contribution is 7.09. The monoisotopic (exact) mass is 421 g/mol. The Bertz CT molecular complexity index is 999. The van der Waals surface area contributed by atoms with Crippen molar-refractivity contribution in [3.8, 4) is 0 Å². The first-order valence-corrected chi connectivity index (χ1v) is 11.0. The molecule has 0 radical (unpaired) electrons. The second-order valence-corrected chi connectivity index (χ2v) is 8.57. The lowest BCUT2D eigenvalue weighted by atomic mass is 10.1. The fourth-order valence-electron chi connectivity index (χ4n) is 3.85. The van der Waals surface area contributed by atoms with Gasteiger partial charge in [-0.1, -0.05) is 48.5 Å². The highest BCUT2D eigenvalue weighted by Crippen LogP contribution is 2.24. The molecule has 7 heteroatoms. The molecular weight excluding hydrogens is 394 g/mol. The summed E-state index contributed by atoms with van der Waals surface area (Å²) in [5, 5.41) is 4.04. The number of benzene rings is 2. The minimum atomic E-state index is -0.0402. The van der Waals surface area contributed by atoms with Gasteiger partial charge in [0.05, 0.1) is 0 Å². The third kappa shape index (κ3) is 4.46. The minimum absolute atomic E-state index is 0.0402. The number of aryl methyl sites for hydroxylation is 2. The largest absolute Gasteiger partial charge is 0.343 e. The zero-order chi connectivity index (χ0) is 21.1. The SMILES string of the molecule is Cc1cccc(C)c1NC(=O)N1CCN(c2nc(Cc3ccccc3)ns2)CC1C. The van der Waals surface area contributed by atoms with E-state index in [1.165, 1.54) is 17.1 Å². The standard InChI is InChI=1S/C23H27N5OS/c1-16-8-7-9-17(2)21(16)25-22(29)28-13-12-27(15-18(28)3)23-24-20(26-30-23)14-19-10-5-4-6-11-19/h4-11,18H,12-15H2,1-3H3,(H,25,29). The second kappa shape index (κ2) is 8.83. The summed E-state index contributed by atoms with van der Waals surface area (Å²) in [7, 11) is 0. The van der Waals surface area contributed by atoms with Gasteiger partial charge < -0.3 is 15.1 Å². The predicted molar refractivity (Wildman–Crippen MR) is 122 cm³/mol. The molecule has 3 aromatic rings. The van der Waals surface area contributed by atoms with E-state index >= 15 is 0 Å². The van der Waals surface area contributed by atoms with Gasteiger partial charge in [0, 0.05) is 49.3 Å². The van der Waals surface area contributed by atoms with Crippen molar-refractivity contribution in [2.24, 2.45) is 0 Å². The Kier molecular flexibility index (Phi) is 5.99. The molecule has 4 rings (SSSR count). The van der Waals surface area contributed by atoms with Crippen LogP contribution in [-0.4, -0.2) is 46.0 Å². The van der Waals surface area contributed by atoms with Gasteiger partial charge in [0.25, 0.3) is 0 Å². The molecule has 1 atom stereocenters. The van der Waals surface area contributed by atoms with Crippen LogP contribution in [0.4, 0.5) is 15.6 Å². The first kappa shape index (κ1) is 20.3. The van der Waals surface area contributed by atoms with Crippen LogP contribution in [0.15, 0.2) is 48.5 Å². The highest BCUT2D eigenvalue weighted by Gasteiger charge is 2.29. The summed E-state index contributed by atoms with van der Waals surface area (Å²) in [6.45, 7) is 8.29. The second-order valence-electron chi connectivity index (χ2n) is 7.84. The molecule has 0 saturated carbocycles. The number of urea groups is 1. The number of hydrogen-bond acceptors (Lipinski definition) is 5. The Morgan fingerprint density at radius 2 is 1.83 bits per heavy atom. The zero-order valence-electron chi connectivity index (χ0n) is 17.6. The maximum atomic E-state index is 12.9. The average molecular weight is 422 g/mol. The lowest BCUT2D eigenvalue weighted by Crippen LogP contribution is -2.55. The molecule has 0 aliphatic carbocycles. The van der Waals surface area contributed by atoms with E-state index in [1.54, 1.807) is 0 Å². The molecule has 1 aromatic heterocycles. The molecule has 2 amide bonds. The number of carbonyl (C=O) groups excluding carboxylic acids is 1. The number of piperazine rings is 1. The van der Waals surface area contributed by atoms with E-state index in [2.05, 4.69) is 33.6 Å². The highest BCUT2D eigenvalue weighted by atomic mass is 32.1. The van der Waals surface area contributed by atoms with Gasteiger partial charge in [0.15, 0.2) is 0 Å². The van der Waals surface area contributed by atoms with Crippen LogP contribution >= 0.6 is 11.5 Å². The minimum Gasteiger partial charge on any atom is -0.343 e. The van der Waals surface area contributed by atoms with Crippen molar-refractivity contribution in [3.05, 3.63) is 71.0 Å². The topological polar surface area (TPSA) is 61.4 Å². The van der Waals surface area contributed by atoms with Crippen LogP contribution in [-0.2, 0) is 6.42 Å². The lowest BCUT2D eigenvalue weighted by molar-refractivity contribution is 0.185. The number of amides is 2. The van der Waals surface area contributed by atoms with Gasteiger partial charge in [-0.2, -0.15) is 4.37 Å². The summed E-state index contributed by atoms with van der Waals surface area (Å²) >= 11 is 1.44. The van der Waals surface area contributed by atoms with Crippen LogP contribution in [0.3, 0.4) is 0 Å². The number of nitrogens with one attached hydrogen (secondary N) is 1. The molecule has 6 nitrogen and oxygen atoms in total. The molecular formula is C23H27N5OS. The van der Waals surface area contributed by atoms with Crippen molar-refractivity contribution in [3.63, 3.8) is 0 Å². The van der Waals surface area contributed by atoms with E-state index < -0.39 is 0 Å². The number of nitrogens with zero attached hydrogens (tertiary/aromatic N) is 4. The first-order chi connectivity index (χ1) is 14.5. The first-order valence-electron chi connectivity index (χ1n) is 10.3. The van der Waals surface area contributed by atoms with E-state index in [0.29, 0.717) is 6.54 Å². The summed E-state index contributed by atoms with van der Waals surface area (Å²) in [6, 6.07) is 16.4. The molecule has 156 valence electrons. The third-order valence-corrected chi connectivity index (χ3v) is 6.35. The molecule has 0 bridgehead atoms. The van der Waals surface area contributed by atoms with Crippen LogP contribution in [0.2, 0.25) is 0 Å². The van der Waals surface area contributed by atoms with E-state index in [1.807, 2.05) is 55.1 Å². The molecule has 1 fully saturated rings. The van der Waals surface area contributed by atoms with E-state index in [4.69, 9.17) is 4.98 Å². The van der Waals surface area contributed by atoms with Gasteiger partial charge in [0.2, 0.25) is 5.13 Å². The molecule has 30 heavy (non-hydrogen) atoms. The zero-order valence-corrected chi connectivity index (χ0v) is 18.4. The molecule has 1 saturated heterocycles. The Morgan fingerprint density at radius 3 is 2.53 bits per heavy atom. The molecule has 1 aliphatic rings. The number of para-hydroxylation sites is 1. The number of aromatic nitrogens is 2. The summed E-state index contributed by atoms with van der Waals surface area (Å²) in [5.74, 6) is 0.851. The van der Waals surface area contributed by atoms with Gasteiger partial charge in [-0.15, -0.1) is 0 Å². The fourth-order valence-corrected chi connectivity index (χ4v) is 4.57. The Balaban J connectivity index is 1.38. The molecule has 2 heterocycles. The number of anilines is 2. The van der Waals surface area contributed by atoms with E-state index in [0.717, 1.165) is 47.3 Å². The van der Waals surface area contributed by atoms with Gasteiger partial charge >= 0.3 is 6.03 Å². The van der Waals surface area contributed by atoms with Gasteiger partial charge in [0.1, 0.15) is 5.82 Å². The quantitative estimate of drug-likeness (QED) is 0.674. The van der Waals surface area contributed by atoms with Crippen molar-refractivity contribution >= 4 is 28.4 Å². The lowest BCUT2D eigenvalue weighted by Gasteiger charge is -2.39. The van der Waals surface area contributed by atoms with Crippen LogP contribution in [0.1, 0.15) is 29.4 Å². The third-order valence-electron chi connectivity index (χ3n) is 5.53. The maximum Gasteiger partial charge on any atom is 0.322 e. The number of carbonyl (C=O) groups is 1. The molecule has 1 aliphatic heterocycles. The number of hydrogen-bond donors (Lipinski definition) is 1. The van der Waals surface area contributed by atoms with Gasteiger partial charge in [-0.25, -0.2) is 9.78 Å². The molecule has 2 aromatic carbocycles. The van der Waals surface area contributed by atoms with Crippen molar-refractivity contribution < 1.29 is 4.79 Å². The van der Waals surface area contributed by atoms with Crippen molar-refractivity contribution in [2.75, 3.05) is 29.9 Å². The van der Waals surface area contributed by atoms with Crippen LogP contribution < -0.4 is 10.2 Å². The van der Waals surface area contributed by atoms with Gasteiger partial charge in [-0.3, -0.25) is 0 Å².